The average Bonchev–Trinajstić information content (AvgIpc) is 2.07. The van der Waals surface area contributed by atoms with Gasteiger partial charge in [-0.25, -0.2) is 4.39 Å². The fraction of sp³-hybridized carbons (Fsp3) is 0.333. The van der Waals surface area contributed by atoms with E-state index < -0.39 is 5.97 Å². The van der Waals surface area contributed by atoms with E-state index in [2.05, 4.69) is 20.8 Å². The van der Waals surface area contributed by atoms with Crippen LogP contribution in [0.5, 0.6) is 0 Å². The zero-order chi connectivity index (χ0) is 11.8. The van der Waals surface area contributed by atoms with Crippen molar-refractivity contribution in [3.63, 3.8) is 0 Å². The summed E-state index contributed by atoms with van der Waals surface area (Å²) in [6, 6.07) is 5.42. The Labute approximate surface area is 108 Å². The van der Waals surface area contributed by atoms with Gasteiger partial charge in [0.05, 0.1) is 6.42 Å². The minimum Gasteiger partial charge on any atom is -0.481 e. The van der Waals surface area contributed by atoms with Crippen LogP contribution in [0, 0.1) is 11.7 Å². The molecule has 0 spiro atoms. The van der Waals surface area contributed by atoms with Gasteiger partial charge in [0.25, 0.3) is 0 Å². The fourth-order valence-corrected chi connectivity index (χ4v) is 0.777. The van der Waals surface area contributed by atoms with Crippen molar-refractivity contribution in [3.8, 4) is 0 Å². The molecule has 0 bridgehead atoms. The summed E-state index contributed by atoms with van der Waals surface area (Å²) < 4.78 is 12.3. The van der Waals surface area contributed by atoms with Gasteiger partial charge >= 0.3 is 24.8 Å². The number of rotatable bonds is 2. The second-order valence-electron chi connectivity index (χ2n) is 3.70. The molecule has 0 saturated heterocycles. The van der Waals surface area contributed by atoms with Gasteiger partial charge in [0, 0.05) is 0 Å². The van der Waals surface area contributed by atoms with Gasteiger partial charge < -0.3 is 11.0 Å². The number of aliphatic carboxylic acids is 1. The average molecular weight is 218 g/mol. The molecule has 0 saturated carbocycles. The maximum absolute atomic E-state index is 12.3. The number of halogens is 1. The molecule has 16 heavy (non-hydrogen) atoms. The molecular weight excluding hydrogens is 202 g/mol. The molecule has 0 fully saturated rings. The predicted molar refractivity (Wildman–Crippen MR) is 58.0 cm³/mol. The van der Waals surface area contributed by atoms with Crippen LogP contribution in [0.15, 0.2) is 24.3 Å². The summed E-state index contributed by atoms with van der Waals surface area (Å²) in [7, 11) is 0. The third-order valence-corrected chi connectivity index (χ3v) is 1.27. The molecule has 84 valence electrons. The van der Waals surface area contributed by atoms with Crippen molar-refractivity contribution in [3.05, 3.63) is 41.6 Å². The third kappa shape index (κ3) is 11.3. The largest absolute Gasteiger partial charge is 1.00 e. The Kier molecular flexibility index (Phi) is 10.4. The second kappa shape index (κ2) is 9.44. The van der Waals surface area contributed by atoms with Crippen LogP contribution in [0.1, 0.15) is 26.3 Å². The normalized spacial score (nSPS) is 8.81. The van der Waals surface area contributed by atoms with Crippen molar-refractivity contribution in [1.29, 1.82) is 0 Å². The number of carboxylic acid groups (broad SMARTS) is 1. The zero-order valence-corrected chi connectivity index (χ0v) is 10.2. The van der Waals surface area contributed by atoms with Crippen molar-refractivity contribution in [1.82, 2.24) is 0 Å². The van der Waals surface area contributed by atoms with Crippen molar-refractivity contribution < 1.29 is 33.2 Å². The van der Waals surface area contributed by atoms with Crippen molar-refractivity contribution in [2.75, 3.05) is 0 Å². The van der Waals surface area contributed by atoms with E-state index in [-0.39, 0.29) is 31.1 Å². The maximum Gasteiger partial charge on any atom is 1.00 e. The van der Waals surface area contributed by atoms with Crippen LogP contribution >= 0.6 is 0 Å². The number of carbonyl (C=O) groups is 1. The number of benzene rings is 1. The first kappa shape index (κ1) is 17.6. The number of hydrogen-bond acceptors (Lipinski definition) is 1. The molecule has 0 aliphatic rings. The Morgan fingerprint density at radius 2 is 1.62 bits per heavy atom. The summed E-state index contributed by atoms with van der Waals surface area (Å²) in [5.41, 5.74) is 0.610. The second-order valence-corrected chi connectivity index (χ2v) is 3.70. The van der Waals surface area contributed by atoms with Gasteiger partial charge in [-0.15, -0.1) is 0 Å². The quantitative estimate of drug-likeness (QED) is 0.563. The van der Waals surface area contributed by atoms with Crippen LogP contribution in [0.25, 0.3) is 0 Å². The summed E-state index contributed by atoms with van der Waals surface area (Å²) >= 11 is 0. The Balaban J connectivity index is 0. The maximum atomic E-state index is 12.3. The predicted octanol–water partition coefficient (Wildman–Crippen LogP) is 0.0774. The summed E-state index contributed by atoms with van der Waals surface area (Å²) in [5.74, 6) is 0.163. The summed E-state index contributed by atoms with van der Waals surface area (Å²) in [6.45, 7) is 6.25. The molecule has 1 aromatic carbocycles. The number of hydrogen-bond donors (Lipinski definition) is 1. The van der Waals surface area contributed by atoms with E-state index in [1.165, 1.54) is 30.2 Å². The SMILES string of the molecule is C[C-](C)C.O=C(O)Cc1ccc(F)cc1.[Li+]. The Hall–Kier alpha value is -0.783. The minimum absolute atomic E-state index is 0. The molecule has 0 amide bonds. The fourth-order valence-electron chi connectivity index (χ4n) is 0.777. The molecule has 0 aliphatic carbocycles. The van der Waals surface area contributed by atoms with Crippen LogP contribution in [0.4, 0.5) is 4.39 Å². The minimum atomic E-state index is -0.906. The van der Waals surface area contributed by atoms with E-state index in [9.17, 15) is 9.18 Å². The monoisotopic (exact) mass is 218 g/mol. The van der Waals surface area contributed by atoms with Gasteiger partial charge in [-0.3, -0.25) is 4.79 Å². The van der Waals surface area contributed by atoms with Gasteiger partial charge in [-0.2, -0.15) is 20.8 Å². The molecule has 1 N–H and O–H groups in total. The zero-order valence-electron chi connectivity index (χ0n) is 10.2. The molecule has 0 unspecified atom stereocenters. The molecule has 1 aromatic rings. The van der Waals surface area contributed by atoms with Crippen molar-refractivity contribution in [2.24, 2.45) is 0 Å². The van der Waals surface area contributed by atoms with Crippen LogP contribution in [0.2, 0.25) is 0 Å². The van der Waals surface area contributed by atoms with Crippen LogP contribution in [-0.4, -0.2) is 11.1 Å². The Bertz CT molecular complexity index is 294. The summed E-state index contributed by atoms with van der Waals surface area (Å²) in [4.78, 5) is 10.2. The molecule has 0 aromatic heterocycles. The van der Waals surface area contributed by atoms with Gasteiger partial charge in [0.2, 0.25) is 0 Å². The van der Waals surface area contributed by atoms with Gasteiger partial charge in [0.1, 0.15) is 5.82 Å². The van der Waals surface area contributed by atoms with Crippen LogP contribution in [0.3, 0.4) is 0 Å². The van der Waals surface area contributed by atoms with Gasteiger partial charge in [0.15, 0.2) is 0 Å². The third-order valence-electron chi connectivity index (χ3n) is 1.27. The molecule has 0 radical (unpaired) electrons. The summed E-state index contributed by atoms with van der Waals surface area (Å²) in [5, 5.41) is 8.34. The molecule has 0 aliphatic heterocycles. The molecule has 1 rings (SSSR count). The number of carboxylic acids is 1. The van der Waals surface area contributed by atoms with E-state index in [1.807, 2.05) is 0 Å². The van der Waals surface area contributed by atoms with Crippen molar-refractivity contribution in [2.45, 2.75) is 27.2 Å². The summed E-state index contributed by atoms with van der Waals surface area (Å²) in [6.07, 6.45) is -0.0553. The van der Waals surface area contributed by atoms with E-state index in [0.29, 0.717) is 5.56 Å². The van der Waals surface area contributed by atoms with Crippen molar-refractivity contribution >= 4 is 5.97 Å². The molecule has 2 nitrogen and oxygen atoms in total. The first-order valence-electron chi connectivity index (χ1n) is 4.65. The first-order chi connectivity index (χ1) is 6.91. The van der Waals surface area contributed by atoms with E-state index >= 15 is 0 Å². The molecular formula is C12H16FLiO2. The van der Waals surface area contributed by atoms with Gasteiger partial charge in [-0.05, 0) is 17.7 Å². The molecule has 4 heteroatoms. The smallest absolute Gasteiger partial charge is 0.481 e. The van der Waals surface area contributed by atoms with E-state index in [4.69, 9.17) is 5.11 Å². The molecule has 0 heterocycles. The standard InChI is InChI=1S/C8H7FO2.C4H9.Li/c9-7-3-1-6(2-4-7)5-8(10)11;1-4(2)3;/h1-4H,5H2,(H,10,11);1-3H3;/q;-1;+1. The van der Waals surface area contributed by atoms with E-state index in [0.717, 1.165) is 0 Å². The van der Waals surface area contributed by atoms with Crippen LogP contribution < -0.4 is 18.9 Å². The van der Waals surface area contributed by atoms with Gasteiger partial charge in [-0.1, -0.05) is 12.1 Å². The first-order valence-corrected chi connectivity index (χ1v) is 4.65. The van der Waals surface area contributed by atoms with E-state index in [1.54, 1.807) is 0 Å². The topological polar surface area (TPSA) is 37.3 Å². The van der Waals surface area contributed by atoms with Crippen LogP contribution in [-0.2, 0) is 11.2 Å². The Morgan fingerprint density at radius 3 is 1.94 bits per heavy atom. The molecule has 0 atom stereocenters. The Morgan fingerprint density at radius 1 is 1.25 bits per heavy atom.